The predicted molar refractivity (Wildman–Crippen MR) is 72.4 cm³/mol. The summed E-state index contributed by atoms with van der Waals surface area (Å²) in [5, 5.41) is 8.77. The first-order chi connectivity index (χ1) is 8.71. The molecule has 0 aliphatic heterocycles. The van der Waals surface area contributed by atoms with E-state index >= 15 is 0 Å². The van der Waals surface area contributed by atoms with Crippen molar-refractivity contribution in [1.29, 1.82) is 0 Å². The molecule has 1 aromatic carbocycles. The maximum absolute atomic E-state index is 8.77. The van der Waals surface area contributed by atoms with Crippen molar-refractivity contribution in [3.8, 4) is 11.5 Å². The number of aliphatic hydroxyl groups excluding tert-OH is 1. The Bertz CT molecular complexity index is 355. The second-order valence-corrected chi connectivity index (χ2v) is 4.32. The quantitative estimate of drug-likeness (QED) is 0.763. The van der Waals surface area contributed by atoms with Crippen molar-refractivity contribution in [2.24, 2.45) is 0 Å². The first kappa shape index (κ1) is 14.8. The van der Waals surface area contributed by atoms with E-state index in [-0.39, 0.29) is 6.61 Å². The highest BCUT2D eigenvalue weighted by molar-refractivity contribution is 5.42. The van der Waals surface area contributed by atoms with Crippen LogP contribution in [0.3, 0.4) is 0 Å². The van der Waals surface area contributed by atoms with Crippen LogP contribution in [0.2, 0.25) is 0 Å². The van der Waals surface area contributed by atoms with Gasteiger partial charge in [0.05, 0.1) is 14.2 Å². The third kappa shape index (κ3) is 4.55. The number of hydrogen-bond acceptors (Lipinski definition) is 4. The molecule has 1 rings (SSSR count). The molecule has 1 N–H and O–H groups in total. The maximum Gasteiger partial charge on any atom is 0.160 e. The molecular weight excluding hydrogens is 230 g/mol. The number of rotatable bonds is 8. The fourth-order valence-corrected chi connectivity index (χ4v) is 1.81. The van der Waals surface area contributed by atoms with Crippen LogP contribution in [0.1, 0.15) is 12.0 Å². The van der Waals surface area contributed by atoms with Crippen LogP contribution in [0, 0.1) is 0 Å². The molecule has 0 unspecified atom stereocenters. The number of methoxy groups -OCH3 is 2. The van der Waals surface area contributed by atoms with Crippen molar-refractivity contribution in [3.05, 3.63) is 23.8 Å². The molecule has 4 heteroatoms. The molecule has 0 radical (unpaired) electrons. The minimum atomic E-state index is 0.251. The molecule has 1 aromatic rings. The number of aliphatic hydroxyl groups is 1. The second-order valence-electron chi connectivity index (χ2n) is 4.32. The lowest BCUT2D eigenvalue weighted by molar-refractivity contribution is 0.248. The summed E-state index contributed by atoms with van der Waals surface area (Å²) in [4.78, 5) is 2.22. The van der Waals surface area contributed by atoms with E-state index in [0.29, 0.717) is 0 Å². The van der Waals surface area contributed by atoms with Gasteiger partial charge in [-0.1, -0.05) is 6.07 Å². The van der Waals surface area contributed by atoms with Crippen molar-refractivity contribution in [1.82, 2.24) is 4.90 Å². The minimum Gasteiger partial charge on any atom is -0.493 e. The van der Waals surface area contributed by atoms with Crippen molar-refractivity contribution >= 4 is 0 Å². The van der Waals surface area contributed by atoms with Gasteiger partial charge in [0.25, 0.3) is 0 Å². The molecule has 0 amide bonds. The fourth-order valence-electron chi connectivity index (χ4n) is 1.81. The highest BCUT2D eigenvalue weighted by Crippen LogP contribution is 2.27. The normalized spacial score (nSPS) is 10.7. The summed E-state index contributed by atoms with van der Waals surface area (Å²) >= 11 is 0. The van der Waals surface area contributed by atoms with E-state index in [1.54, 1.807) is 14.2 Å². The van der Waals surface area contributed by atoms with Crippen LogP contribution in [-0.4, -0.2) is 51.0 Å². The Labute approximate surface area is 109 Å². The van der Waals surface area contributed by atoms with E-state index < -0.39 is 0 Å². The van der Waals surface area contributed by atoms with Gasteiger partial charge in [0.2, 0.25) is 0 Å². The standard InChI is InChI=1S/C14H23NO3/c1-15(8-4-10-16)9-7-12-5-6-13(17-2)14(11-12)18-3/h5-6,11,16H,4,7-10H2,1-3H3. The molecule has 4 nitrogen and oxygen atoms in total. The number of ether oxygens (including phenoxy) is 2. The van der Waals surface area contributed by atoms with Crippen LogP contribution < -0.4 is 9.47 Å². The highest BCUT2D eigenvalue weighted by atomic mass is 16.5. The molecule has 0 aliphatic carbocycles. The molecule has 0 heterocycles. The van der Waals surface area contributed by atoms with Crippen molar-refractivity contribution < 1.29 is 14.6 Å². The zero-order valence-electron chi connectivity index (χ0n) is 11.5. The topological polar surface area (TPSA) is 41.9 Å². The van der Waals surface area contributed by atoms with Gasteiger partial charge in [0.1, 0.15) is 0 Å². The summed E-state index contributed by atoms with van der Waals surface area (Å²) in [6.45, 7) is 2.14. The Hall–Kier alpha value is -1.26. The van der Waals surface area contributed by atoms with Gasteiger partial charge in [-0.15, -0.1) is 0 Å². The average Bonchev–Trinajstić information content (AvgIpc) is 2.42. The lowest BCUT2D eigenvalue weighted by Crippen LogP contribution is -2.23. The molecule has 0 saturated carbocycles. The summed E-state index contributed by atoms with van der Waals surface area (Å²) in [6.07, 6.45) is 1.78. The summed E-state index contributed by atoms with van der Waals surface area (Å²) in [7, 11) is 5.35. The van der Waals surface area contributed by atoms with E-state index in [9.17, 15) is 0 Å². The van der Waals surface area contributed by atoms with Gasteiger partial charge in [-0.3, -0.25) is 0 Å². The van der Waals surface area contributed by atoms with Crippen LogP contribution >= 0.6 is 0 Å². The Morgan fingerprint density at radius 2 is 1.83 bits per heavy atom. The van der Waals surface area contributed by atoms with E-state index in [0.717, 1.165) is 37.4 Å². The summed E-state index contributed by atoms with van der Waals surface area (Å²) < 4.78 is 10.5. The third-order valence-electron chi connectivity index (χ3n) is 2.93. The van der Waals surface area contributed by atoms with Crippen LogP contribution in [0.25, 0.3) is 0 Å². The van der Waals surface area contributed by atoms with Gasteiger partial charge in [-0.2, -0.15) is 0 Å². The molecular formula is C14H23NO3. The zero-order chi connectivity index (χ0) is 13.4. The van der Waals surface area contributed by atoms with Crippen molar-refractivity contribution in [3.63, 3.8) is 0 Å². The molecule has 0 aliphatic rings. The van der Waals surface area contributed by atoms with E-state index in [1.807, 2.05) is 12.1 Å². The molecule has 0 saturated heterocycles. The SMILES string of the molecule is COc1ccc(CCN(C)CCCO)cc1OC. The van der Waals surface area contributed by atoms with Gasteiger partial charge >= 0.3 is 0 Å². The number of nitrogens with zero attached hydrogens (tertiary/aromatic N) is 1. The van der Waals surface area contributed by atoms with Crippen LogP contribution in [-0.2, 0) is 6.42 Å². The van der Waals surface area contributed by atoms with Crippen LogP contribution in [0.4, 0.5) is 0 Å². The predicted octanol–water partition coefficient (Wildman–Crippen LogP) is 1.56. The van der Waals surface area contributed by atoms with E-state index in [4.69, 9.17) is 14.6 Å². The first-order valence-electron chi connectivity index (χ1n) is 6.21. The highest BCUT2D eigenvalue weighted by Gasteiger charge is 2.05. The Kier molecular flexibility index (Phi) is 6.54. The molecule has 0 bridgehead atoms. The summed E-state index contributed by atoms with van der Waals surface area (Å²) in [6, 6.07) is 6.00. The molecule has 18 heavy (non-hydrogen) atoms. The van der Waals surface area contributed by atoms with Crippen LogP contribution in [0.15, 0.2) is 18.2 Å². The molecule has 0 spiro atoms. The average molecular weight is 253 g/mol. The first-order valence-corrected chi connectivity index (χ1v) is 6.21. The Morgan fingerprint density at radius 1 is 1.11 bits per heavy atom. The monoisotopic (exact) mass is 253 g/mol. The zero-order valence-corrected chi connectivity index (χ0v) is 11.5. The van der Waals surface area contributed by atoms with Gasteiger partial charge in [-0.25, -0.2) is 0 Å². The van der Waals surface area contributed by atoms with Crippen LogP contribution in [0.5, 0.6) is 11.5 Å². The second kappa shape index (κ2) is 7.95. The van der Waals surface area contributed by atoms with Crippen molar-refractivity contribution in [2.75, 3.05) is 41.0 Å². The number of benzene rings is 1. The third-order valence-corrected chi connectivity index (χ3v) is 2.93. The van der Waals surface area contributed by atoms with Gasteiger partial charge in [0, 0.05) is 19.7 Å². The number of likely N-dealkylation sites (N-methyl/N-ethyl adjacent to an activating group) is 1. The lowest BCUT2D eigenvalue weighted by atomic mass is 10.1. The molecule has 0 aromatic heterocycles. The van der Waals surface area contributed by atoms with Gasteiger partial charge in [-0.05, 0) is 37.6 Å². The van der Waals surface area contributed by atoms with E-state index in [2.05, 4.69) is 18.0 Å². The minimum absolute atomic E-state index is 0.251. The van der Waals surface area contributed by atoms with Crippen molar-refractivity contribution in [2.45, 2.75) is 12.8 Å². The van der Waals surface area contributed by atoms with E-state index in [1.165, 1.54) is 5.56 Å². The van der Waals surface area contributed by atoms with Gasteiger partial charge < -0.3 is 19.5 Å². The van der Waals surface area contributed by atoms with Gasteiger partial charge in [0.15, 0.2) is 11.5 Å². The lowest BCUT2D eigenvalue weighted by Gasteiger charge is -2.16. The summed E-state index contributed by atoms with van der Waals surface area (Å²) in [5.41, 5.74) is 1.23. The Balaban J connectivity index is 2.52. The molecule has 102 valence electrons. The Morgan fingerprint density at radius 3 is 2.44 bits per heavy atom. The summed E-state index contributed by atoms with van der Waals surface area (Å²) in [5.74, 6) is 1.53. The molecule has 0 atom stereocenters. The molecule has 0 fully saturated rings. The number of hydrogen-bond donors (Lipinski definition) is 1. The largest absolute Gasteiger partial charge is 0.493 e. The fraction of sp³-hybridized carbons (Fsp3) is 0.571. The smallest absolute Gasteiger partial charge is 0.160 e. The maximum atomic E-state index is 8.77.